The minimum atomic E-state index is -0.964. The summed E-state index contributed by atoms with van der Waals surface area (Å²) in [5.74, 6) is -1.74. The zero-order chi connectivity index (χ0) is 22.8. The van der Waals surface area contributed by atoms with Crippen LogP contribution in [0.2, 0.25) is 0 Å². The van der Waals surface area contributed by atoms with E-state index in [1.165, 1.54) is 11.3 Å². The van der Waals surface area contributed by atoms with E-state index in [-0.39, 0.29) is 12.5 Å². The lowest BCUT2D eigenvalue weighted by atomic mass is 9.98. The largest absolute Gasteiger partial charge is 0.480 e. The standard InChI is InChI=1S/C22H29N3O5S/c1-5-15(19(27)28)25-16-10-6-7-11-17(16)31-20(25)23-18(26)14-9-8-12-24(13-14)21(29)30-22(2,3)4/h6-7,10-11,14-15H,5,8-9,12-13H2,1-4H3,(H,27,28). The van der Waals surface area contributed by atoms with Crippen molar-refractivity contribution in [3.8, 4) is 0 Å². The molecule has 1 aliphatic heterocycles. The third-order valence-electron chi connectivity index (χ3n) is 5.14. The van der Waals surface area contributed by atoms with Crippen LogP contribution in [-0.2, 0) is 14.3 Å². The number of piperidine rings is 1. The summed E-state index contributed by atoms with van der Waals surface area (Å²) in [5.41, 5.74) is 0.139. The number of aromatic nitrogens is 1. The molecule has 9 heteroatoms. The molecule has 8 nitrogen and oxygen atoms in total. The van der Waals surface area contributed by atoms with Crippen molar-refractivity contribution in [3.63, 3.8) is 0 Å². The van der Waals surface area contributed by atoms with Gasteiger partial charge in [0.25, 0.3) is 5.91 Å². The van der Waals surface area contributed by atoms with Crippen LogP contribution in [0.1, 0.15) is 53.0 Å². The number of para-hydroxylation sites is 1. The molecule has 2 atom stereocenters. The van der Waals surface area contributed by atoms with E-state index in [0.29, 0.717) is 30.6 Å². The molecule has 1 fully saturated rings. The van der Waals surface area contributed by atoms with Gasteiger partial charge in [-0.2, -0.15) is 4.99 Å². The Balaban J connectivity index is 1.92. The Morgan fingerprint density at radius 2 is 2.00 bits per heavy atom. The lowest BCUT2D eigenvalue weighted by Crippen LogP contribution is -2.44. The van der Waals surface area contributed by atoms with E-state index in [4.69, 9.17) is 4.74 Å². The molecule has 1 saturated heterocycles. The maximum absolute atomic E-state index is 13.0. The number of rotatable bonds is 4. The molecule has 3 rings (SSSR count). The number of amides is 2. The van der Waals surface area contributed by atoms with Crippen LogP contribution in [0.15, 0.2) is 29.3 Å². The second kappa shape index (κ2) is 9.21. The Morgan fingerprint density at radius 1 is 1.29 bits per heavy atom. The van der Waals surface area contributed by atoms with Crippen LogP contribution in [0.5, 0.6) is 0 Å². The second-order valence-electron chi connectivity index (χ2n) is 8.70. The number of carbonyl (C=O) groups is 3. The average molecular weight is 448 g/mol. The Labute approximate surface area is 185 Å². The summed E-state index contributed by atoms with van der Waals surface area (Å²) in [6, 6.07) is 6.62. The zero-order valence-electron chi connectivity index (χ0n) is 18.3. The van der Waals surface area contributed by atoms with Crippen molar-refractivity contribution in [2.45, 2.75) is 58.6 Å². The summed E-state index contributed by atoms with van der Waals surface area (Å²) in [6.07, 6.45) is 1.25. The van der Waals surface area contributed by atoms with Crippen LogP contribution in [0.3, 0.4) is 0 Å². The molecule has 2 heterocycles. The van der Waals surface area contributed by atoms with Gasteiger partial charge in [0.15, 0.2) is 4.80 Å². The Morgan fingerprint density at radius 3 is 2.65 bits per heavy atom. The highest BCUT2D eigenvalue weighted by Gasteiger charge is 2.31. The summed E-state index contributed by atoms with van der Waals surface area (Å²) in [6.45, 7) is 8.00. The number of likely N-dealkylation sites (tertiary alicyclic amines) is 1. The van der Waals surface area contributed by atoms with Crippen molar-refractivity contribution in [2.24, 2.45) is 10.9 Å². The molecule has 0 radical (unpaired) electrons. The number of hydrogen-bond acceptors (Lipinski definition) is 5. The Bertz CT molecular complexity index is 1050. The zero-order valence-corrected chi connectivity index (χ0v) is 19.1. The molecule has 2 amide bonds. The molecule has 0 spiro atoms. The van der Waals surface area contributed by atoms with Gasteiger partial charge in [-0.05, 0) is 52.2 Å². The Kier molecular flexibility index (Phi) is 6.83. The SMILES string of the molecule is CCC(C(=O)O)n1c(=NC(=O)C2CCCN(C(=O)OC(C)(C)C)C2)sc2ccccc21. The first kappa shape index (κ1) is 23.0. The van der Waals surface area contributed by atoms with Gasteiger partial charge in [0.2, 0.25) is 0 Å². The predicted octanol–water partition coefficient (Wildman–Crippen LogP) is 3.81. The number of benzene rings is 1. The molecule has 31 heavy (non-hydrogen) atoms. The third kappa shape index (κ3) is 5.33. The predicted molar refractivity (Wildman–Crippen MR) is 118 cm³/mol. The minimum Gasteiger partial charge on any atom is -0.480 e. The molecule has 2 aromatic rings. The lowest BCUT2D eigenvalue weighted by Gasteiger charge is -2.32. The van der Waals surface area contributed by atoms with Crippen molar-refractivity contribution >= 4 is 39.5 Å². The Hall–Kier alpha value is -2.68. The quantitative estimate of drug-likeness (QED) is 0.768. The fraction of sp³-hybridized carbons (Fsp3) is 0.545. The topological polar surface area (TPSA) is 101 Å². The summed E-state index contributed by atoms with van der Waals surface area (Å²) in [7, 11) is 0. The molecule has 2 unspecified atom stereocenters. The number of carboxylic acid groups (broad SMARTS) is 1. The number of hydrogen-bond donors (Lipinski definition) is 1. The maximum Gasteiger partial charge on any atom is 0.410 e. The monoisotopic (exact) mass is 447 g/mol. The molecule has 0 saturated carbocycles. The van der Waals surface area contributed by atoms with Gasteiger partial charge in [-0.1, -0.05) is 30.4 Å². The maximum atomic E-state index is 13.0. The summed E-state index contributed by atoms with van der Waals surface area (Å²) in [5, 5.41) is 9.70. The first-order chi connectivity index (χ1) is 14.6. The number of ether oxygens (including phenoxy) is 1. The van der Waals surface area contributed by atoms with Crippen molar-refractivity contribution in [1.29, 1.82) is 0 Å². The van der Waals surface area contributed by atoms with E-state index in [9.17, 15) is 19.5 Å². The van der Waals surface area contributed by atoms with Crippen LogP contribution in [-0.4, -0.2) is 51.2 Å². The number of thiazole rings is 1. The number of aliphatic carboxylic acids is 1. The summed E-state index contributed by atoms with van der Waals surface area (Å²) >= 11 is 1.30. The molecule has 1 aliphatic rings. The molecule has 1 aromatic carbocycles. The van der Waals surface area contributed by atoms with E-state index in [1.807, 2.05) is 24.3 Å². The number of carboxylic acids is 1. The smallest absolute Gasteiger partial charge is 0.410 e. The van der Waals surface area contributed by atoms with E-state index in [1.54, 1.807) is 37.2 Å². The average Bonchev–Trinajstić information content (AvgIpc) is 3.05. The van der Waals surface area contributed by atoms with E-state index in [2.05, 4.69) is 4.99 Å². The first-order valence-corrected chi connectivity index (χ1v) is 11.3. The normalized spacial score (nSPS) is 18.8. The van der Waals surface area contributed by atoms with Crippen LogP contribution in [0, 0.1) is 5.92 Å². The van der Waals surface area contributed by atoms with Crippen molar-refractivity contribution in [2.75, 3.05) is 13.1 Å². The fourth-order valence-corrected chi connectivity index (χ4v) is 4.77. The lowest BCUT2D eigenvalue weighted by molar-refractivity contribution is -0.141. The van der Waals surface area contributed by atoms with Gasteiger partial charge in [-0.15, -0.1) is 0 Å². The highest BCUT2D eigenvalue weighted by atomic mass is 32.1. The van der Waals surface area contributed by atoms with E-state index in [0.717, 1.165) is 10.2 Å². The van der Waals surface area contributed by atoms with Crippen LogP contribution < -0.4 is 4.80 Å². The molecule has 0 aliphatic carbocycles. The molecule has 168 valence electrons. The molecular weight excluding hydrogens is 418 g/mol. The van der Waals surface area contributed by atoms with E-state index < -0.39 is 29.6 Å². The minimum absolute atomic E-state index is 0.248. The number of carbonyl (C=O) groups excluding carboxylic acids is 2. The highest BCUT2D eigenvalue weighted by molar-refractivity contribution is 7.16. The fourth-order valence-electron chi connectivity index (χ4n) is 3.70. The van der Waals surface area contributed by atoms with Crippen LogP contribution >= 0.6 is 11.3 Å². The van der Waals surface area contributed by atoms with Crippen LogP contribution in [0.25, 0.3) is 10.2 Å². The third-order valence-corrected chi connectivity index (χ3v) is 6.18. The molecular formula is C22H29N3O5S. The van der Waals surface area contributed by atoms with Gasteiger partial charge in [0.1, 0.15) is 11.6 Å². The van der Waals surface area contributed by atoms with Crippen LogP contribution in [0.4, 0.5) is 4.79 Å². The van der Waals surface area contributed by atoms with Gasteiger partial charge < -0.3 is 19.3 Å². The van der Waals surface area contributed by atoms with E-state index >= 15 is 0 Å². The van der Waals surface area contributed by atoms with Crippen molar-refractivity contribution in [1.82, 2.24) is 9.47 Å². The summed E-state index contributed by atoms with van der Waals surface area (Å²) in [4.78, 5) is 43.5. The molecule has 0 bridgehead atoms. The van der Waals surface area contributed by atoms with Gasteiger partial charge in [-0.3, -0.25) is 4.79 Å². The van der Waals surface area contributed by atoms with Gasteiger partial charge in [0.05, 0.1) is 16.1 Å². The number of nitrogens with zero attached hydrogens (tertiary/aromatic N) is 3. The van der Waals surface area contributed by atoms with Gasteiger partial charge in [0, 0.05) is 13.1 Å². The van der Waals surface area contributed by atoms with Gasteiger partial charge in [-0.25, -0.2) is 9.59 Å². The van der Waals surface area contributed by atoms with Crippen molar-refractivity contribution < 1.29 is 24.2 Å². The number of fused-ring (bicyclic) bond motifs is 1. The van der Waals surface area contributed by atoms with Gasteiger partial charge >= 0.3 is 12.1 Å². The first-order valence-electron chi connectivity index (χ1n) is 10.5. The summed E-state index contributed by atoms with van der Waals surface area (Å²) < 4.78 is 7.93. The van der Waals surface area contributed by atoms with Crippen molar-refractivity contribution in [3.05, 3.63) is 29.1 Å². The molecule has 1 aromatic heterocycles. The molecule has 1 N–H and O–H groups in total. The highest BCUT2D eigenvalue weighted by Crippen LogP contribution is 2.24. The second-order valence-corrected chi connectivity index (χ2v) is 9.71.